The van der Waals surface area contributed by atoms with Gasteiger partial charge in [-0.15, -0.1) is 0 Å². The van der Waals surface area contributed by atoms with Crippen LogP contribution < -0.4 is 0 Å². The van der Waals surface area contributed by atoms with Crippen molar-refractivity contribution in [3.8, 4) is 0 Å². The Hall–Kier alpha value is -1.34. The normalized spacial score (nSPS) is 24.2. The lowest BCUT2D eigenvalue weighted by molar-refractivity contribution is 0.0648. The van der Waals surface area contributed by atoms with E-state index < -0.39 is 5.54 Å². The summed E-state index contributed by atoms with van der Waals surface area (Å²) in [6.07, 6.45) is 1.32. The van der Waals surface area contributed by atoms with E-state index in [-0.39, 0.29) is 0 Å². The molecule has 0 unspecified atom stereocenters. The van der Waals surface area contributed by atoms with Crippen molar-refractivity contribution >= 4 is 5.84 Å². The minimum absolute atomic E-state index is 0.466. The van der Waals surface area contributed by atoms with Gasteiger partial charge in [-0.3, -0.25) is 5.41 Å². The van der Waals surface area contributed by atoms with Crippen LogP contribution in [0.2, 0.25) is 0 Å². The van der Waals surface area contributed by atoms with Crippen LogP contribution in [0, 0.1) is 12.0 Å². The molecule has 4 heteroatoms. The fourth-order valence-electron chi connectivity index (χ4n) is 2.16. The molecular weight excluding hydrogens is 190 g/mol. The first-order valence-corrected chi connectivity index (χ1v) is 5.15. The molecule has 1 aliphatic carbocycles. The second kappa shape index (κ2) is 3.67. The molecule has 1 saturated heterocycles. The lowest BCUT2D eigenvalue weighted by Gasteiger charge is -2.39. The zero-order valence-corrected chi connectivity index (χ0v) is 8.75. The van der Waals surface area contributed by atoms with Gasteiger partial charge in [-0.1, -0.05) is 12.2 Å². The van der Waals surface area contributed by atoms with Crippen molar-refractivity contribution in [2.45, 2.75) is 18.4 Å². The molecular formula is C11H15N3O. The molecule has 2 fully saturated rings. The molecule has 1 aliphatic heterocycles. The highest BCUT2D eigenvalue weighted by Gasteiger charge is 2.52. The molecule has 0 aromatic rings. The van der Waals surface area contributed by atoms with E-state index in [2.05, 4.69) is 11.4 Å². The lowest BCUT2D eigenvalue weighted by Crippen LogP contribution is -2.54. The van der Waals surface area contributed by atoms with Crippen LogP contribution in [0.25, 0.3) is 4.85 Å². The average molecular weight is 205 g/mol. The summed E-state index contributed by atoms with van der Waals surface area (Å²) in [4.78, 5) is 5.60. The standard InChI is InChI=1S/C11H15N3O/c1-9-7-11(8-9,13-2)10(12)14-3-5-15-6-4-14/h12H,1,3-8H2. The van der Waals surface area contributed by atoms with E-state index in [0.29, 0.717) is 31.9 Å². The Labute approximate surface area is 89.8 Å². The van der Waals surface area contributed by atoms with E-state index in [9.17, 15) is 0 Å². The Morgan fingerprint density at radius 3 is 2.53 bits per heavy atom. The van der Waals surface area contributed by atoms with Gasteiger partial charge in [0.1, 0.15) is 0 Å². The molecule has 15 heavy (non-hydrogen) atoms. The van der Waals surface area contributed by atoms with Gasteiger partial charge >= 0.3 is 0 Å². The van der Waals surface area contributed by atoms with Crippen molar-refractivity contribution in [1.29, 1.82) is 5.41 Å². The predicted molar refractivity (Wildman–Crippen MR) is 57.8 cm³/mol. The fraction of sp³-hybridized carbons (Fsp3) is 0.636. The van der Waals surface area contributed by atoms with Crippen LogP contribution in [0.15, 0.2) is 12.2 Å². The summed E-state index contributed by atoms with van der Waals surface area (Å²) in [5.74, 6) is 0.466. The minimum atomic E-state index is -0.603. The van der Waals surface area contributed by atoms with Gasteiger partial charge in [0.15, 0.2) is 5.84 Å². The summed E-state index contributed by atoms with van der Waals surface area (Å²) < 4.78 is 5.24. The second-order valence-corrected chi connectivity index (χ2v) is 4.19. The molecule has 1 heterocycles. The summed E-state index contributed by atoms with van der Waals surface area (Å²) in [7, 11) is 0. The van der Waals surface area contributed by atoms with Crippen LogP contribution in [-0.4, -0.2) is 42.6 Å². The first-order valence-electron chi connectivity index (χ1n) is 5.15. The molecule has 0 amide bonds. The van der Waals surface area contributed by atoms with Gasteiger partial charge in [0.2, 0.25) is 0 Å². The number of hydrogen-bond acceptors (Lipinski definition) is 2. The van der Waals surface area contributed by atoms with Gasteiger partial charge < -0.3 is 14.5 Å². The molecule has 0 radical (unpaired) electrons. The molecule has 80 valence electrons. The fourth-order valence-corrected chi connectivity index (χ4v) is 2.16. The largest absolute Gasteiger partial charge is 0.378 e. The van der Waals surface area contributed by atoms with E-state index in [1.54, 1.807) is 0 Å². The smallest absolute Gasteiger partial charge is 0.295 e. The zero-order chi connectivity index (χ0) is 10.9. The number of amidine groups is 1. The van der Waals surface area contributed by atoms with Crippen LogP contribution in [-0.2, 0) is 4.74 Å². The molecule has 0 spiro atoms. The number of ether oxygens (including phenoxy) is 1. The van der Waals surface area contributed by atoms with E-state index in [0.717, 1.165) is 18.7 Å². The average Bonchev–Trinajstić information content (AvgIpc) is 2.25. The van der Waals surface area contributed by atoms with Crippen LogP contribution in [0.1, 0.15) is 12.8 Å². The highest BCUT2D eigenvalue weighted by atomic mass is 16.5. The van der Waals surface area contributed by atoms with Crippen LogP contribution >= 0.6 is 0 Å². The monoisotopic (exact) mass is 205 g/mol. The Balaban J connectivity index is 2.06. The van der Waals surface area contributed by atoms with Crippen molar-refractivity contribution in [3.05, 3.63) is 23.6 Å². The Bertz CT molecular complexity index is 328. The maximum Gasteiger partial charge on any atom is 0.295 e. The summed E-state index contributed by atoms with van der Waals surface area (Å²) in [5.41, 5.74) is 0.484. The third-order valence-corrected chi connectivity index (χ3v) is 3.07. The topological polar surface area (TPSA) is 40.7 Å². The molecule has 2 aliphatic rings. The predicted octanol–water partition coefficient (Wildman–Crippen LogP) is 1.30. The van der Waals surface area contributed by atoms with E-state index in [4.69, 9.17) is 16.7 Å². The summed E-state index contributed by atoms with van der Waals surface area (Å²) >= 11 is 0. The quantitative estimate of drug-likeness (QED) is 0.303. The van der Waals surface area contributed by atoms with Gasteiger partial charge in [-0.25, -0.2) is 6.57 Å². The Kier molecular flexibility index (Phi) is 2.49. The number of morpholine rings is 1. The highest BCUT2D eigenvalue weighted by molar-refractivity contribution is 5.93. The van der Waals surface area contributed by atoms with Crippen LogP contribution in [0.5, 0.6) is 0 Å². The first-order chi connectivity index (χ1) is 7.18. The first kappa shape index (κ1) is 10.2. The van der Waals surface area contributed by atoms with E-state index in [1.165, 1.54) is 0 Å². The van der Waals surface area contributed by atoms with Crippen molar-refractivity contribution in [2.75, 3.05) is 26.3 Å². The van der Waals surface area contributed by atoms with Gasteiger partial charge in [0, 0.05) is 13.1 Å². The van der Waals surface area contributed by atoms with Crippen molar-refractivity contribution in [2.24, 2.45) is 0 Å². The second-order valence-electron chi connectivity index (χ2n) is 4.19. The number of nitrogens with one attached hydrogen (secondary N) is 1. The van der Waals surface area contributed by atoms with Crippen LogP contribution in [0.4, 0.5) is 0 Å². The van der Waals surface area contributed by atoms with Gasteiger partial charge in [0.05, 0.1) is 26.1 Å². The van der Waals surface area contributed by atoms with Crippen LogP contribution in [0.3, 0.4) is 0 Å². The molecule has 0 bridgehead atoms. The van der Waals surface area contributed by atoms with Crippen molar-refractivity contribution < 1.29 is 4.74 Å². The third-order valence-electron chi connectivity index (χ3n) is 3.07. The van der Waals surface area contributed by atoms with Gasteiger partial charge in [-0.05, 0) is 0 Å². The van der Waals surface area contributed by atoms with Gasteiger partial charge in [0.25, 0.3) is 5.54 Å². The Morgan fingerprint density at radius 2 is 2.07 bits per heavy atom. The zero-order valence-electron chi connectivity index (χ0n) is 8.75. The Morgan fingerprint density at radius 1 is 1.47 bits per heavy atom. The molecule has 1 saturated carbocycles. The maximum absolute atomic E-state index is 8.09. The van der Waals surface area contributed by atoms with E-state index in [1.807, 2.05) is 4.90 Å². The molecule has 0 atom stereocenters. The third kappa shape index (κ3) is 1.64. The van der Waals surface area contributed by atoms with Crippen molar-refractivity contribution in [1.82, 2.24) is 4.90 Å². The van der Waals surface area contributed by atoms with E-state index >= 15 is 0 Å². The number of nitrogens with zero attached hydrogens (tertiary/aromatic N) is 2. The molecule has 2 rings (SSSR count). The van der Waals surface area contributed by atoms with Gasteiger partial charge in [-0.2, -0.15) is 0 Å². The molecule has 0 aromatic heterocycles. The lowest BCUT2D eigenvalue weighted by atomic mass is 9.72. The summed E-state index contributed by atoms with van der Waals surface area (Å²) in [5, 5.41) is 8.09. The molecule has 0 aromatic carbocycles. The number of rotatable bonds is 1. The molecule has 4 nitrogen and oxygen atoms in total. The molecule has 1 N–H and O–H groups in total. The summed E-state index contributed by atoms with van der Waals surface area (Å²) in [6.45, 7) is 13.9. The minimum Gasteiger partial charge on any atom is -0.378 e. The highest BCUT2D eigenvalue weighted by Crippen LogP contribution is 2.41. The SMILES string of the molecule is [C-]#[N+]C1(C(=N)N2CCOCC2)CC(=C)C1. The summed E-state index contributed by atoms with van der Waals surface area (Å²) in [6, 6.07) is 0. The number of hydrogen-bond donors (Lipinski definition) is 1. The maximum atomic E-state index is 8.09. The van der Waals surface area contributed by atoms with Crippen molar-refractivity contribution in [3.63, 3.8) is 0 Å².